The maximum Gasteiger partial charge on any atom is 0.319 e. The second kappa shape index (κ2) is 7.44. The van der Waals surface area contributed by atoms with Crippen LogP contribution in [0.15, 0.2) is 18.2 Å². The van der Waals surface area contributed by atoms with Gasteiger partial charge in [0, 0.05) is 12.6 Å². The monoisotopic (exact) mass is 332 g/mol. The van der Waals surface area contributed by atoms with Crippen LogP contribution in [0.5, 0.6) is 5.75 Å². The van der Waals surface area contributed by atoms with Gasteiger partial charge in [0.1, 0.15) is 11.6 Å². The lowest BCUT2D eigenvalue weighted by Gasteiger charge is -2.15. The first-order chi connectivity index (χ1) is 11.4. The molecule has 3 amide bonds. The molecule has 24 heavy (non-hydrogen) atoms. The number of rotatable bonds is 5. The molecule has 9 heteroatoms. The molecule has 0 fully saturated rings. The normalized spacial score (nSPS) is 11.5. The number of carbonyl (C=O) groups excluding carboxylic acids is 2. The minimum atomic E-state index is -0.441. The summed E-state index contributed by atoms with van der Waals surface area (Å²) in [5, 5.41) is 14.8. The predicted octanol–water partition coefficient (Wildman–Crippen LogP) is 1.96. The third-order valence-corrected chi connectivity index (χ3v) is 3.12. The van der Waals surface area contributed by atoms with E-state index in [1.165, 1.54) is 14.0 Å². The largest absolute Gasteiger partial charge is 0.495 e. The van der Waals surface area contributed by atoms with Crippen molar-refractivity contribution in [3.63, 3.8) is 0 Å². The van der Waals surface area contributed by atoms with Gasteiger partial charge in [0.15, 0.2) is 5.82 Å². The Morgan fingerprint density at radius 2 is 2.04 bits per heavy atom. The lowest BCUT2D eigenvalue weighted by molar-refractivity contribution is -0.114. The Morgan fingerprint density at radius 3 is 2.62 bits per heavy atom. The van der Waals surface area contributed by atoms with Crippen molar-refractivity contribution >= 4 is 23.3 Å². The first kappa shape index (κ1) is 17.3. The topological polar surface area (TPSA) is 121 Å². The predicted molar refractivity (Wildman–Crippen MR) is 89.0 cm³/mol. The fourth-order valence-electron chi connectivity index (χ4n) is 2.06. The average molecular weight is 332 g/mol. The molecule has 1 aromatic heterocycles. The number of H-pyrrole nitrogens is 1. The number of aromatic nitrogens is 3. The molecule has 0 saturated carbocycles. The number of amides is 3. The van der Waals surface area contributed by atoms with Crippen LogP contribution in [0.25, 0.3) is 0 Å². The van der Waals surface area contributed by atoms with E-state index >= 15 is 0 Å². The van der Waals surface area contributed by atoms with Crippen LogP contribution in [-0.4, -0.2) is 34.2 Å². The SMILES string of the molecule is COc1ccc(NC(C)=O)cc1NC(=O)N[C@@H](C)c1n[nH]c(C)n1. The second-order valence-corrected chi connectivity index (χ2v) is 5.20. The summed E-state index contributed by atoms with van der Waals surface area (Å²) in [4.78, 5) is 27.5. The number of carbonyl (C=O) groups is 2. The molecule has 2 aromatic rings. The third-order valence-electron chi connectivity index (χ3n) is 3.12. The van der Waals surface area contributed by atoms with Crippen LogP contribution in [0.4, 0.5) is 16.2 Å². The Kier molecular flexibility index (Phi) is 5.35. The van der Waals surface area contributed by atoms with E-state index in [1.54, 1.807) is 32.0 Å². The van der Waals surface area contributed by atoms with Crippen molar-refractivity contribution in [2.45, 2.75) is 26.8 Å². The summed E-state index contributed by atoms with van der Waals surface area (Å²) < 4.78 is 5.21. The summed E-state index contributed by atoms with van der Waals surface area (Å²) in [7, 11) is 1.50. The Morgan fingerprint density at radius 1 is 1.29 bits per heavy atom. The highest BCUT2D eigenvalue weighted by atomic mass is 16.5. The molecule has 0 unspecified atom stereocenters. The first-order valence-corrected chi connectivity index (χ1v) is 7.31. The number of nitrogens with zero attached hydrogens (tertiary/aromatic N) is 2. The molecule has 9 nitrogen and oxygen atoms in total. The highest BCUT2D eigenvalue weighted by Crippen LogP contribution is 2.27. The lowest BCUT2D eigenvalue weighted by Crippen LogP contribution is -2.31. The van der Waals surface area contributed by atoms with Gasteiger partial charge >= 0.3 is 6.03 Å². The van der Waals surface area contributed by atoms with Gasteiger partial charge < -0.3 is 20.7 Å². The Bertz CT molecular complexity index is 743. The smallest absolute Gasteiger partial charge is 0.319 e. The van der Waals surface area contributed by atoms with Gasteiger partial charge in [-0.25, -0.2) is 9.78 Å². The number of urea groups is 1. The molecule has 4 N–H and O–H groups in total. The number of aromatic amines is 1. The molecular formula is C15H20N6O3. The van der Waals surface area contributed by atoms with Gasteiger partial charge in [0.05, 0.1) is 18.8 Å². The average Bonchev–Trinajstić information content (AvgIpc) is 2.93. The summed E-state index contributed by atoms with van der Waals surface area (Å²) in [6.45, 7) is 4.96. The van der Waals surface area contributed by atoms with E-state index in [2.05, 4.69) is 31.1 Å². The lowest BCUT2D eigenvalue weighted by atomic mass is 10.2. The van der Waals surface area contributed by atoms with Gasteiger partial charge in [-0.1, -0.05) is 0 Å². The molecule has 0 bridgehead atoms. The summed E-state index contributed by atoms with van der Waals surface area (Å²) in [5.74, 6) is 1.43. The first-order valence-electron chi connectivity index (χ1n) is 7.31. The highest BCUT2D eigenvalue weighted by Gasteiger charge is 2.15. The zero-order valence-electron chi connectivity index (χ0n) is 13.9. The summed E-state index contributed by atoms with van der Waals surface area (Å²) in [6.07, 6.45) is 0. The Hall–Kier alpha value is -3.10. The van der Waals surface area contributed by atoms with Crippen LogP contribution in [0.1, 0.15) is 31.5 Å². The molecule has 1 aromatic carbocycles. The van der Waals surface area contributed by atoms with E-state index in [4.69, 9.17) is 4.74 Å². The van der Waals surface area contributed by atoms with E-state index in [1.807, 2.05) is 0 Å². The summed E-state index contributed by atoms with van der Waals surface area (Å²) in [6, 6.07) is 4.13. The third kappa shape index (κ3) is 4.45. The fourth-order valence-corrected chi connectivity index (χ4v) is 2.06. The fraction of sp³-hybridized carbons (Fsp3) is 0.333. The number of hydrogen-bond acceptors (Lipinski definition) is 5. The molecule has 0 aliphatic heterocycles. The van der Waals surface area contributed by atoms with Crippen LogP contribution in [-0.2, 0) is 4.79 Å². The number of benzene rings is 1. The molecule has 128 valence electrons. The number of methoxy groups -OCH3 is 1. The Labute approximate surface area is 139 Å². The van der Waals surface area contributed by atoms with Crippen molar-refractivity contribution in [2.24, 2.45) is 0 Å². The highest BCUT2D eigenvalue weighted by molar-refractivity contribution is 5.94. The van der Waals surface area contributed by atoms with Crippen LogP contribution in [0.3, 0.4) is 0 Å². The van der Waals surface area contributed by atoms with Crippen LogP contribution >= 0.6 is 0 Å². The minimum Gasteiger partial charge on any atom is -0.495 e. The second-order valence-electron chi connectivity index (χ2n) is 5.20. The number of hydrogen-bond donors (Lipinski definition) is 4. The zero-order chi connectivity index (χ0) is 17.7. The van der Waals surface area contributed by atoms with Gasteiger partial charge in [0.2, 0.25) is 5.91 Å². The number of anilines is 2. The maximum absolute atomic E-state index is 12.2. The van der Waals surface area contributed by atoms with Crippen LogP contribution in [0.2, 0.25) is 0 Å². The van der Waals surface area contributed by atoms with Gasteiger partial charge in [-0.05, 0) is 32.0 Å². The summed E-state index contributed by atoms with van der Waals surface area (Å²) in [5.41, 5.74) is 0.982. The van der Waals surface area contributed by atoms with Crippen LogP contribution < -0.4 is 20.7 Å². The maximum atomic E-state index is 12.2. The van der Waals surface area contributed by atoms with Gasteiger partial charge in [-0.3, -0.25) is 9.89 Å². The van der Waals surface area contributed by atoms with E-state index < -0.39 is 6.03 Å². The van der Waals surface area contributed by atoms with Gasteiger partial charge in [-0.2, -0.15) is 5.10 Å². The standard InChI is InChI=1S/C15H20N6O3/c1-8(14-17-9(2)20-21-14)16-15(23)19-12-7-11(18-10(3)22)5-6-13(12)24-4/h5-8H,1-4H3,(H,18,22)(H2,16,19,23)(H,17,20,21)/t8-/m0/s1. The van der Waals surface area contributed by atoms with Gasteiger partial charge in [-0.15, -0.1) is 0 Å². The van der Waals surface area contributed by atoms with Crippen molar-refractivity contribution in [3.05, 3.63) is 29.8 Å². The molecular weight excluding hydrogens is 312 g/mol. The van der Waals surface area contributed by atoms with Crippen LogP contribution in [0, 0.1) is 6.92 Å². The van der Waals surface area contributed by atoms with Crippen molar-refractivity contribution in [2.75, 3.05) is 17.7 Å². The van der Waals surface area contributed by atoms with Crippen molar-refractivity contribution in [1.82, 2.24) is 20.5 Å². The van der Waals surface area contributed by atoms with E-state index in [-0.39, 0.29) is 11.9 Å². The molecule has 0 aliphatic rings. The minimum absolute atomic E-state index is 0.204. The van der Waals surface area contributed by atoms with Crippen molar-refractivity contribution < 1.29 is 14.3 Å². The quantitative estimate of drug-likeness (QED) is 0.667. The molecule has 2 rings (SSSR count). The Balaban J connectivity index is 2.08. The number of nitrogens with one attached hydrogen (secondary N) is 4. The molecule has 0 radical (unpaired) electrons. The molecule has 1 atom stereocenters. The van der Waals surface area contributed by atoms with E-state index in [9.17, 15) is 9.59 Å². The zero-order valence-corrected chi connectivity index (χ0v) is 13.9. The number of ether oxygens (including phenoxy) is 1. The number of aryl methyl sites for hydroxylation is 1. The molecule has 1 heterocycles. The van der Waals surface area contributed by atoms with E-state index in [0.29, 0.717) is 28.8 Å². The van der Waals surface area contributed by atoms with E-state index in [0.717, 1.165) is 0 Å². The molecule has 0 saturated heterocycles. The van der Waals surface area contributed by atoms with Crippen molar-refractivity contribution in [1.29, 1.82) is 0 Å². The van der Waals surface area contributed by atoms with Gasteiger partial charge in [0.25, 0.3) is 0 Å². The molecule has 0 aliphatic carbocycles. The van der Waals surface area contributed by atoms with Crippen molar-refractivity contribution in [3.8, 4) is 5.75 Å². The summed E-state index contributed by atoms with van der Waals surface area (Å²) >= 11 is 0. The molecule has 0 spiro atoms.